The van der Waals surface area contributed by atoms with E-state index >= 15 is 0 Å². The summed E-state index contributed by atoms with van der Waals surface area (Å²) >= 11 is 0. The maximum atomic E-state index is 10.5. The maximum Gasteiger partial charge on any atom is 0.192 e. The first-order valence-electron chi connectivity index (χ1n) is 14.8. The van der Waals surface area contributed by atoms with Crippen molar-refractivity contribution in [3.63, 3.8) is 0 Å². The van der Waals surface area contributed by atoms with Gasteiger partial charge in [-0.15, -0.1) is 0 Å². The van der Waals surface area contributed by atoms with Gasteiger partial charge in [-0.2, -0.15) is 0 Å². The van der Waals surface area contributed by atoms with Crippen LogP contribution in [-0.4, -0.2) is 74.1 Å². The zero-order valence-electron chi connectivity index (χ0n) is 26.3. The molecule has 1 aromatic carbocycles. The Morgan fingerprint density at radius 3 is 2.50 bits per heavy atom. The number of aryl methyl sites for hydroxylation is 2. The first kappa shape index (κ1) is 32.1. The number of rotatable bonds is 12. The summed E-state index contributed by atoms with van der Waals surface area (Å²) in [5.74, 6) is 2.47. The quantitative estimate of drug-likeness (QED) is 0.231. The normalized spacial score (nSPS) is 15.5. The van der Waals surface area contributed by atoms with Crippen LogP contribution in [0.25, 0.3) is 22.6 Å². The third-order valence-electron chi connectivity index (χ3n) is 8.22. The molecule has 0 bridgehead atoms. The highest BCUT2D eigenvalue weighted by atomic mass is 28.4. The lowest BCUT2D eigenvalue weighted by molar-refractivity contribution is 0.0903. The Balaban J connectivity index is 1.66. The standard InChI is InChI=1S/C31H47N5O5Si/c1-20-27(21(2)40-36-20)28-26(18-37)30(33-23-12-14-38-15-13-23)35-29(34-28)22-10-9-11-24(16-22)39-19-25(17-32-6)41-42(7,8)31(3,4)5/h9-11,16,23,25,32,37H,12-15,17-19H2,1-8H3,(H,33,34,35). The monoisotopic (exact) mass is 597 g/mol. The summed E-state index contributed by atoms with van der Waals surface area (Å²) < 4.78 is 23.9. The number of hydrogen-bond acceptors (Lipinski definition) is 10. The predicted molar refractivity (Wildman–Crippen MR) is 167 cm³/mol. The Morgan fingerprint density at radius 2 is 1.88 bits per heavy atom. The molecule has 0 aliphatic carbocycles. The van der Waals surface area contributed by atoms with E-state index in [2.05, 4.69) is 49.7 Å². The lowest BCUT2D eigenvalue weighted by Gasteiger charge is -2.39. The van der Waals surface area contributed by atoms with Gasteiger partial charge in [-0.3, -0.25) is 0 Å². The largest absolute Gasteiger partial charge is 0.491 e. The van der Waals surface area contributed by atoms with Gasteiger partial charge >= 0.3 is 0 Å². The molecule has 2 aromatic heterocycles. The molecule has 4 rings (SSSR count). The van der Waals surface area contributed by atoms with E-state index in [0.717, 1.165) is 24.0 Å². The highest BCUT2D eigenvalue weighted by molar-refractivity contribution is 6.74. The number of likely N-dealkylation sites (N-methyl/N-ethyl adjacent to an activating group) is 1. The topological polar surface area (TPSA) is 124 Å². The molecule has 10 nitrogen and oxygen atoms in total. The van der Waals surface area contributed by atoms with Crippen molar-refractivity contribution in [2.45, 2.75) is 84.3 Å². The number of benzene rings is 1. The van der Waals surface area contributed by atoms with Crippen LogP contribution in [0.1, 0.15) is 50.6 Å². The van der Waals surface area contributed by atoms with E-state index < -0.39 is 8.32 Å². The van der Waals surface area contributed by atoms with Crippen LogP contribution in [0, 0.1) is 13.8 Å². The van der Waals surface area contributed by atoms with Crippen LogP contribution in [0.2, 0.25) is 18.1 Å². The molecule has 42 heavy (non-hydrogen) atoms. The summed E-state index contributed by atoms with van der Waals surface area (Å²) in [4.78, 5) is 9.87. The maximum absolute atomic E-state index is 10.5. The van der Waals surface area contributed by atoms with Crippen molar-refractivity contribution in [1.29, 1.82) is 0 Å². The van der Waals surface area contributed by atoms with E-state index in [1.54, 1.807) is 0 Å². The Morgan fingerprint density at radius 1 is 1.14 bits per heavy atom. The SMILES string of the molecule is CNCC(COc1cccc(-c2nc(NC3CCOCC3)c(CO)c(-c3c(C)noc3C)n2)c1)O[Si](C)(C)C(C)(C)C. The molecule has 3 aromatic rings. The molecule has 3 N–H and O–H groups in total. The molecule has 1 atom stereocenters. The van der Waals surface area contributed by atoms with E-state index in [1.807, 2.05) is 45.2 Å². The van der Waals surface area contributed by atoms with E-state index in [9.17, 15) is 5.11 Å². The molecule has 11 heteroatoms. The third kappa shape index (κ3) is 7.56. The van der Waals surface area contributed by atoms with Gasteiger partial charge in [-0.05, 0) is 64.0 Å². The smallest absolute Gasteiger partial charge is 0.192 e. The Hall–Kier alpha value is -2.83. The van der Waals surface area contributed by atoms with E-state index in [-0.39, 0.29) is 23.8 Å². The summed E-state index contributed by atoms with van der Waals surface area (Å²) in [7, 11) is -0.0422. The number of aromatic nitrogens is 3. The fraction of sp³-hybridized carbons (Fsp3) is 0.581. The predicted octanol–water partition coefficient (Wildman–Crippen LogP) is 5.49. The van der Waals surface area contributed by atoms with Gasteiger partial charge < -0.3 is 34.2 Å². The molecule has 0 amide bonds. The zero-order chi connectivity index (χ0) is 30.5. The van der Waals surface area contributed by atoms with Crippen LogP contribution in [-0.2, 0) is 15.8 Å². The van der Waals surface area contributed by atoms with Crippen LogP contribution in [0.5, 0.6) is 5.75 Å². The van der Waals surface area contributed by atoms with E-state index in [0.29, 0.717) is 66.5 Å². The van der Waals surface area contributed by atoms with Crippen LogP contribution in [0.3, 0.4) is 0 Å². The number of nitrogens with one attached hydrogen (secondary N) is 2. The minimum absolute atomic E-state index is 0.0824. The van der Waals surface area contributed by atoms with Crippen molar-refractivity contribution in [3.8, 4) is 28.4 Å². The summed E-state index contributed by atoms with van der Waals surface area (Å²) in [6.07, 6.45) is 1.64. The zero-order valence-corrected chi connectivity index (χ0v) is 27.3. The van der Waals surface area contributed by atoms with Gasteiger partial charge in [0, 0.05) is 36.9 Å². The number of nitrogens with zero attached hydrogens (tertiary/aromatic N) is 3. The van der Waals surface area contributed by atoms with Gasteiger partial charge in [0.25, 0.3) is 0 Å². The fourth-order valence-corrected chi connectivity index (χ4v) is 6.15. The van der Waals surface area contributed by atoms with Crippen LogP contribution in [0.15, 0.2) is 28.8 Å². The second kappa shape index (κ2) is 13.6. The summed E-state index contributed by atoms with van der Waals surface area (Å²) in [5, 5.41) is 21.5. The minimum atomic E-state index is -1.97. The Kier molecular flexibility index (Phi) is 10.4. The molecular weight excluding hydrogens is 550 g/mol. The van der Waals surface area contributed by atoms with Crippen LogP contribution >= 0.6 is 0 Å². The lowest BCUT2D eigenvalue weighted by Crippen LogP contribution is -2.47. The number of aliphatic hydroxyl groups is 1. The molecule has 0 spiro atoms. The molecule has 0 saturated carbocycles. The molecule has 1 aliphatic rings. The van der Waals surface area contributed by atoms with Crippen molar-refractivity contribution < 1.29 is 23.5 Å². The number of aliphatic hydroxyl groups excluding tert-OH is 1. The molecule has 230 valence electrons. The molecule has 1 saturated heterocycles. The van der Waals surface area contributed by atoms with Crippen molar-refractivity contribution in [1.82, 2.24) is 20.4 Å². The molecule has 0 radical (unpaired) electrons. The number of hydrogen-bond donors (Lipinski definition) is 3. The number of anilines is 1. The summed E-state index contributed by atoms with van der Waals surface area (Å²) in [6, 6.07) is 7.98. The highest BCUT2D eigenvalue weighted by Crippen LogP contribution is 2.38. The third-order valence-corrected chi connectivity index (χ3v) is 12.8. The van der Waals surface area contributed by atoms with Gasteiger partial charge in [0.1, 0.15) is 23.9 Å². The van der Waals surface area contributed by atoms with E-state index in [4.69, 9.17) is 28.4 Å². The lowest BCUT2D eigenvalue weighted by atomic mass is 10.0. The van der Waals surface area contributed by atoms with Crippen molar-refractivity contribution in [2.75, 3.05) is 38.7 Å². The molecule has 1 aliphatic heterocycles. The fourth-order valence-electron chi connectivity index (χ4n) is 4.82. The average molecular weight is 598 g/mol. The van der Waals surface area contributed by atoms with Crippen LogP contribution < -0.4 is 15.4 Å². The first-order chi connectivity index (χ1) is 19.9. The molecular formula is C31H47N5O5Si. The van der Waals surface area contributed by atoms with Crippen molar-refractivity contribution in [3.05, 3.63) is 41.3 Å². The van der Waals surface area contributed by atoms with Crippen molar-refractivity contribution in [2.24, 2.45) is 0 Å². The summed E-state index contributed by atoms with van der Waals surface area (Å²) in [5.41, 5.74) is 3.50. The second-order valence-electron chi connectivity index (χ2n) is 12.5. The van der Waals surface area contributed by atoms with E-state index in [1.165, 1.54) is 0 Å². The molecule has 1 fully saturated rings. The second-order valence-corrected chi connectivity index (χ2v) is 17.3. The highest BCUT2D eigenvalue weighted by Gasteiger charge is 2.39. The molecule has 1 unspecified atom stereocenters. The Labute approximate surface area is 250 Å². The van der Waals surface area contributed by atoms with Gasteiger partial charge in [0.15, 0.2) is 14.1 Å². The first-order valence-corrected chi connectivity index (χ1v) is 17.7. The van der Waals surface area contributed by atoms with Crippen molar-refractivity contribution >= 4 is 14.1 Å². The molecule has 3 heterocycles. The van der Waals surface area contributed by atoms with Crippen LogP contribution in [0.4, 0.5) is 5.82 Å². The Bertz CT molecular complexity index is 1310. The average Bonchev–Trinajstić information content (AvgIpc) is 3.28. The van der Waals surface area contributed by atoms with Gasteiger partial charge in [0.05, 0.1) is 29.7 Å². The minimum Gasteiger partial charge on any atom is -0.491 e. The van der Waals surface area contributed by atoms with Gasteiger partial charge in [0.2, 0.25) is 0 Å². The van der Waals surface area contributed by atoms with Gasteiger partial charge in [-0.25, -0.2) is 9.97 Å². The van der Waals surface area contributed by atoms with Gasteiger partial charge in [-0.1, -0.05) is 38.1 Å². The number of ether oxygens (including phenoxy) is 2. The summed E-state index contributed by atoms with van der Waals surface area (Å²) in [6.45, 7) is 17.2.